The molecule has 1 aliphatic rings. The Morgan fingerprint density at radius 3 is 2.20 bits per heavy atom. The standard InChI is InChI=1S/C22H20FN3O4/c23-17-7-5-16(6-8-17)13-26-21(27)10-9-20(24-26)22(28)25(14-18-3-1-11-29-18)15-19-4-2-12-30-19/h1-8,11-12H,9-10,13-15H2. The number of carbonyl (C=O) groups excluding carboxylic acids is 2. The van der Waals surface area contributed by atoms with Gasteiger partial charge in [0, 0.05) is 12.8 Å². The highest BCUT2D eigenvalue weighted by Gasteiger charge is 2.28. The predicted molar refractivity (Wildman–Crippen MR) is 105 cm³/mol. The van der Waals surface area contributed by atoms with Gasteiger partial charge in [0.2, 0.25) is 5.91 Å². The first kappa shape index (κ1) is 19.6. The second kappa shape index (κ2) is 8.77. The van der Waals surface area contributed by atoms with Gasteiger partial charge in [-0.05, 0) is 42.0 Å². The topological polar surface area (TPSA) is 79.3 Å². The molecule has 0 N–H and O–H groups in total. The summed E-state index contributed by atoms with van der Waals surface area (Å²) in [7, 11) is 0. The van der Waals surface area contributed by atoms with Crippen LogP contribution in [-0.2, 0) is 29.2 Å². The van der Waals surface area contributed by atoms with Crippen LogP contribution in [0.4, 0.5) is 4.39 Å². The summed E-state index contributed by atoms with van der Waals surface area (Å²) in [5.41, 5.74) is 1.01. The van der Waals surface area contributed by atoms with Crippen molar-refractivity contribution in [1.82, 2.24) is 9.91 Å². The zero-order chi connectivity index (χ0) is 20.9. The molecule has 3 heterocycles. The molecule has 0 saturated carbocycles. The molecule has 0 aliphatic carbocycles. The molecule has 0 saturated heterocycles. The fraction of sp³-hybridized carbons (Fsp3) is 0.227. The molecule has 2 amide bonds. The number of carbonyl (C=O) groups is 2. The van der Waals surface area contributed by atoms with Crippen LogP contribution in [0, 0.1) is 5.82 Å². The van der Waals surface area contributed by atoms with E-state index in [2.05, 4.69) is 5.10 Å². The van der Waals surface area contributed by atoms with Gasteiger partial charge in [-0.2, -0.15) is 5.10 Å². The van der Waals surface area contributed by atoms with E-state index in [1.807, 2.05) is 0 Å². The Hall–Kier alpha value is -3.68. The van der Waals surface area contributed by atoms with Crippen molar-refractivity contribution in [3.63, 3.8) is 0 Å². The average molecular weight is 409 g/mol. The van der Waals surface area contributed by atoms with Gasteiger partial charge in [0.25, 0.3) is 5.91 Å². The Morgan fingerprint density at radius 2 is 1.63 bits per heavy atom. The minimum Gasteiger partial charge on any atom is -0.467 e. The maximum atomic E-state index is 13.2. The Labute approximate surface area is 172 Å². The average Bonchev–Trinajstić information content (AvgIpc) is 3.45. The summed E-state index contributed by atoms with van der Waals surface area (Å²) in [6.07, 6.45) is 3.53. The first-order valence-electron chi connectivity index (χ1n) is 9.55. The van der Waals surface area contributed by atoms with E-state index in [1.165, 1.54) is 17.1 Å². The molecule has 1 aliphatic heterocycles. The lowest BCUT2D eigenvalue weighted by Crippen LogP contribution is -2.40. The van der Waals surface area contributed by atoms with Crippen LogP contribution < -0.4 is 0 Å². The van der Waals surface area contributed by atoms with Crippen molar-refractivity contribution in [2.45, 2.75) is 32.5 Å². The summed E-state index contributed by atoms with van der Waals surface area (Å²) >= 11 is 0. The van der Waals surface area contributed by atoms with Crippen molar-refractivity contribution in [3.05, 3.63) is 84.0 Å². The summed E-state index contributed by atoms with van der Waals surface area (Å²) in [6.45, 7) is 0.668. The lowest BCUT2D eigenvalue weighted by Gasteiger charge is -2.26. The number of rotatable bonds is 7. The zero-order valence-corrected chi connectivity index (χ0v) is 16.2. The smallest absolute Gasteiger partial charge is 0.270 e. The van der Waals surface area contributed by atoms with Crippen LogP contribution in [0.1, 0.15) is 29.9 Å². The van der Waals surface area contributed by atoms with Crippen LogP contribution in [0.25, 0.3) is 0 Å². The third kappa shape index (κ3) is 4.65. The van der Waals surface area contributed by atoms with E-state index in [0.29, 0.717) is 11.5 Å². The van der Waals surface area contributed by atoms with E-state index < -0.39 is 0 Å². The lowest BCUT2D eigenvalue weighted by atomic mass is 10.1. The van der Waals surface area contributed by atoms with Crippen molar-refractivity contribution in [2.75, 3.05) is 0 Å². The zero-order valence-electron chi connectivity index (χ0n) is 16.2. The van der Waals surface area contributed by atoms with Gasteiger partial charge in [0.1, 0.15) is 23.0 Å². The second-order valence-electron chi connectivity index (χ2n) is 6.94. The van der Waals surface area contributed by atoms with E-state index in [9.17, 15) is 14.0 Å². The number of halogens is 1. The van der Waals surface area contributed by atoms with Crippen LogP contribution in [0.2, 0.25) is 0 Å². The fourth-order valence-electron chi connectivity index (χ4n) is 3.21. The largest absolute Gasteiger partial charge is 0.467 e. The molecule has 8 heteroatoms. The van der Waals surface area contributed by atoms with Crippen molar-refractivity contribution >= 4 is 17.5 Å². The molecule has 2 aromatic heterocycles. The van der Waals surface area contributed by atoms with E-state index in [-0.39, 0.29) is 55.8 Å². The molecule has 0 spiro atoms. The molecule has 0 unspecified atom stereocenters. The number of hydrogen-bond acceptors (Lipinski definition) is 5. The Bertz CT molecular complexity index is 991. The summed E-state index contributed by atoms with van der Waals surface area (Å²) in [5.74, 6) is 0.435. The SMILES string of the molecule is O=C(C1=NN(Cc2ccc(F)cc2)C(=O)CC1)N(Cc1ccco1)Cc1ccco1. The monoisotopic (exact) mass is 409 g/mol. The number of hydrazone groups is 1. The third-order valence-corrected chi connectivity index (χ3v) is 4.74. The summed E-state index contributed by atoms with van der Waals surface area (Å²) in [4.78, 5) is 27.1. The van der Waals surface area contributed by atoms with Crippen LogP contribution in [0.5, 0.6) is 0 Å². The maximum Gasteiger partial charge on any atom is 0.270 e. The Kier molecular flexibility index (Phi) is 5.74. The summed E-state index contributed by atoms with van der Waals surface area (Å²) < 4.78 is 23.9. The molecule has 0 radical (unpaired) electrons. The summed E-state index contributed by atoms with van der Waals surface area (Å²) in [5, 5.41) is 5.58. The lowest BCUT2D eigenvalue weighted by molar-refractivity contribution is -0.132. The molecular weight excluding hydrogens is 389 g/mol. The molecule has 0 atom stereocenters. The van der Waals surface area contributed by atoms with Gasteiger partial charge in [-0.1, -0.05) is 12.1 Å². The second-order valence-corrected chi connectivity index (χ2v) is 6.94. The predicted octanol–water partition coefficient (Wildman–Crippen LogP) is 3.72. The molecular formula is C22H20FN3O4. The number of nitrogens with zero attached hydrogens (tertiary/aromatic N) is 3. The third-order valence-electron chi connectivity index (χ3n) is 4.74. The normalized spacial score (nSPS) is 14.0. The van der Waals surface area contributed by atoms with E-state index in [1.54, 1.807) is 53.8 Å². The van der Waals surface area contributed by atoms with Crippen LogP contribution in [0.15, 0.2) is 75.0 Å². The summed E-state index contributed by atoms with van der Waals surface area (Å²) in [6, 6.07) is 12.9. The van der Waals surface area contributed by atoms with Crippen LogP contribution >= 0.6 is 0 Å². The maximum absolute atomic E-state index is 13.2. The minimum atomic E-state index is -0.352. The number of benzene rings is 1. The highest BCUT2D eigenvalue weighted by Crippen LogP contribution is 2.18. The molecule has 3 aromatic rings. The highest BCUT2D eigenvalue weighted by molar-refractivity contribution is 6.39. The van der Waals surface area contributed by atoms with Crippen LogP contribution in [0.3, 0.4) is 0 Å². The van der Waals surface area contributed by atoms with Gasteiger partial charge in [-0.15, -0.1) is 0 Å². The number of furan rings is 2. The number of amides is 2. The molecule has 7 nitrogen and oxygen atoms in total. The Balaban J connectivity index is 1.54. The first-order valence-corrected chi connectivity index (χ1v) is 9.55. The van der Waals surface area contributed by atoms with Crippen molar-refractivity contribution in [2.24, 2.45) is 5.10 Å². The van der Waals surface area contributed by atoms with Gasteiger partial charge in [0.05, 0.1) is 32.2 Å². The van der Waals surface area contributed by atoms with Gasteiger partial charge in [0.15, 0.2) is 0 Å². The first-order chi connectivity index (χ1) is 14.6. The molecule has 0 bridgehead atoms. The highest BCUT2D eigenvalue weighted by atomic mass is 19.1. The molecule has 30 heavy (non-hydrogen) atoms. The van der Waals surface area contributed by atoms with Gasteiger partial charge < -0.3 is 13.7 Å². The quantitative estimate of drug-likeness (QED) is 0.596. The van der Waals surface area contributed by atoms with Gasteiger partial charge >= 0.3 is 0 Å². The van der Waals surface area contributed by atoms with E-state index in [4.69, 9.17) is 8.83 Å². The number of hydrogen-bond donors (Lipinski definition) is 0. The van der Waals surface area contributed by atoms with Crippen molar-refractivity contribution < 1.29 is 22.8 Å². The van der Waals surface area contributed by atoms with Gasteiger partial charge in [-0.3, -0.25) is 9.59 Å². The molecule has 154 valence electrons. The van der Waals surface area contributed by atoms with E-state index in [0.717, 1.165) is 5.56 Å². The Morgan fingerprint density at radius 1 is 1.00 bits per heavy atom. The van der Waals surface area contributed by atoms with Crippen molar-refractivity contribution in [1.29, 1.82) is 0 Å². The fourth-order valence-corrected chi connectivity index (χ4v) is 3.21. The van der Waals surface area contributed by atoms with Crippen LogP contribution in [-0.4, -0.2) is 27.4 Å². The van der Waals surface area contributed by atoms with Crippen molar-refractivity contribution in [3.8, 4) is 0 Å². The molecule has 0 fully saturated rings. The van der Waals surface area contributed by atoms with Gasteiger partial charge in [-0.25, -0.2) is 9.40 Å². The minimum absolute atomic E-state index is 0.173. The van der Waals surface area contributed by atoms with E-state index >= 15 is 0 Å². The molecule has 1 aromatic carbocycles. The molecule has 4 rings (SSSR count).